The fourth-order valence-corrected chi connectivity index (χ4v) is 2.91. The van der Waals surface area contributed by atoms with Crippen molar-refractivity contribution in [1.82, 2.24) is 15.5 Å². The van der Waals surface area contributed by atoms with Gasteiger partial charge in [-0.2, -0.15) is 5.10 Å². The molecule has 2 aromatic rings. The van der Waals surface area contributed by atoms with Gasteiger partial charge in [0.2, 0.25) is 0 Å². The molecule has 122 valence electrons. The second-order valence-corrected chi connectivity index (χ2v) is 6.14. The van der Waals surface area contributed by atoms with Crippen LogP contribution in [0.2, 0.25) is 0 Å². The van der Waals surface area contributed by atoms with Crippen LogP contribution in [0.4, 0.5) is 0 Å². The van der Waals surface area contributed by atoms with E-state index in [-0.39, 0.29) is 5.91 Å². The molecule has 0 saturated heterocycles. The van der Waals surface area contributed by atoms with Gasteiger partial charge in [-0.1, -0.05) is 18.6 Å². The fraction of sp³-hybridized carbons (Fsp3) is 0.444. The van der Waals surface area contributed by atoms with Gasteiger partial charge >= 0.3 is 0 Å². The minimum absolute atomic E-state index is 0.173. The van der Waals surface area contributed by atoms with Gasteiger partial charge in [-0.3, -0.25) is 9.89 Å². The first-order valence-corrected chi connectivity index (χ1v) is 8.26. The van der Waals surface area contributed by atoms with Crippen molar-refractivity contribution in [2.24, 2.45) is 0 Å². The molecule has 0 aliphatic heterocycles. The number of carbonyl (C=O) groups excluding carboxylic acids is 1. The number of aromatic nitrogens is 2. The van der Waals surface area contributed by atoms with Gasteiger partial charge in [0.25, 0.3) is 5.91 Å². The Labute approximate surface area is 136 Å². The smallest absolute Gasteiger partial charge is 0.272 e. The van der Waals surface area contributed by atoms with E-state index < -0.39 is 0 Å². The van der Waals surface area contributed by atoms with Crippen molar-refractivity contribution in [3.8, 4) is 5.75 Å². The van der Waals surface area contributed by atoms with Crippen molar-refractivity contribution in [2.75, 3.05) is 0 Å². The highest BCUT2D eigenvalue weighted by molar-refractivity contribution is 5.92. The standard InChI is InChI=1S/C18H23N3O2/c1-13-10-17(21-20-13)18(22)19-12-14-6-5-9-16(11-14)23-15-7-3-2-4-8-15/h5-6,9-11,15H,2-4,7-8,12H2,1H3,(H,19,22)(H,20,21). The zero-order valence-corrected chi connectivity index (χ0v) is 13.5. The number of amides is 1. The summed E-state index contributed by atoms with van der Waals surface area (Å²) in [6.07, 6.45) is 6.44. The van der Waals surface area contributed by atoms with Crippen LogP contribution in [0.15, 0.2) is 30.3 Å². The first-order valence-electron chi connectivity index (χ1n) is 8.26. The molecule has 1 aromatic carbocycles. The van der Waals surface area contributed by atoms with Crippen molar-refractivity contribution in [2.45, 2.75) is 51.7 Å². The summed E-state index contributed by atoms with van der Waals surface area (Å²) < 4.78 is 6.06. The number of carbonyl (C=O) groups is 1. The molecule has 3 rings (SSSR count). The van der Waals surface area contributed by atoms with E-state index in [4.69, 9.17) is 4.74 Å². The Kier molecular flexibility index (Phi) is 4.95. The summed E-state index contributed by atoms with van der Waals surface area (Å²) in [4.78, 5) is 12.0. The summed E-state index contributed by atoms with van der Waals surface area (Å²) in [5.41, 5.74) is 2.31. The largest absolute Gasteiger partial charge is 0.490 e. The number of benzene rings is 1. The van der Waals surface area contributed by atoms with Crippen molar-refractivity contribution < 1.29 is 9.53 Å². The lowest BCUT2D eigenvalue weighted by molar-refractivity contribution is 0.0945. The van der Waals surface area contributed by atoms with Gasteiger partial charge in [0.05, 0.1) is 6.10 Å². The van der Waals surface area contributed by atoms with Gasteiger partial charge in [-0.25, -0.2) is 0 Å². The first-order chi connectivity index (χ1) is 11.2. The van der Waals surface area contributed by atoms with Crippen molar-refractivity contribution in [1.29, 1.82) is 0 Å². The zero-order valence-electron chi connectivity index (χ0n) is 13.5. The molecule has 0 radical (unpaired) electrons. The predicted molar refractivity (Wildman–Crippen MR) is 88.4 cm³/mol. The molecule has 5 heteroatoms. The third-order valence-corrected chi connectivity index (χ3v) is 4.15. The maximum atomic E-state index is 12.0. The van der Waals surface area contributed by atoms with Crippen molar-refractivity contribution in [3.63, 3.8) is 0 Å². The average Bonchev–Trinajstić information content (AvgIpc) is 3.01. The Balaban J connectivity index is 1.55. The van der Waals surface area contributed by atoms with Crippen LogP contribution < -0.4 is 10.1 Å². The van der Waals surface area contributed by atoms with Crippen molar-refractivity contribution in [3.05, 3.63) is 47.3 Å². The molecule has 1 amide bonds. The highest BCUT2D eigenvalue weighted by Crippen LogP contribution is 2.23. The third-order valence-electron chi connectivity index (χ3n) is 4.15. The number of rotatable bonds is 5. The van der Waals surface area contributed by atoms with Gasteiger partial charge in [-0.15, -0.1) is 0 Å². The molecule has 1 aliphatic carbocycles. The maximum absolute atomic E-state index is 12.0. The number of ether oxygens (including phenoxy) is 1. The maximum Gasteiger partial charge on any atom is 0.272 e. The molecule has 0 atom stereocenters. The molecule has 0 unspecified atom stereocenters. The van der Waals surface area contributed by atoms with Crippen LogP contribution in [0.5, 0.6) is 5.75 Å². The summed E-state index contributed by atoms with van der Waals surface area (Å²) in [7, 11) is 0. The Morgan fingerprint density at radius 3 is 2.87 bits per heavy atom. The van der Waals surface area contributed by atoms with E-state index in [1.54, 1.807) is 6.07 Å². The number of H-pyrrole nitrogens is 1. The quantitative estimate of drug-likeness (QED) is 0.889. The minimum Gasteiger partial charge on any atom is -0.490 e. The topological polar surface area (TPSA) is 67.0 Å². The first kappa shape index (κ1) is 15.6. The molecule has 0 spiro atoms. The van der Waals surface area contributed by atoms with E-state index >= 15 is 0 Å². The highest BCUT2D eigenvalue weighted by atomic mass is 16.5. The number of aryl methyl sites for hydroxylation is 1. The van der Waals surface area contributed by atoms with Gasteiger partial charge in [0.1, 0.15) is 11.4 Å². The van der Waals surface area contributed by atoms with Crippen LogP contribution in [0, 0.1) is 6.92 Å². The SMILES string of the molecule is Cc1cc(C(=O)NCc2cccc(OC3CCCCC3)c2)n[nH]1. The molecular formula is C18H23N3O2. The molecule has 0 bridgehead atoms. The Bertz CT molecular complexity index is 660. The normalized spacial score (nSPS) is 15.3. The molecular weight excluding hydrogens is 290 g/mol. The molecule has 1 aliphatic rings. The van der Waals surface area contributed by atoms with E-state index in [9.17, 15) is 4.79 Å². The van der Waals surface area contributed by atoms with Crippen LogP contribution in [0.1, 0.15) is 53.8 Å². The summed E-state index contributed by atoms with van der Waals surface area (Å²) in [6.45, 7) is 2.34. The Morgan fingerprint density at radius 2 is 2.13 bits per heavy atom. The van der Waals surface area contributed by atoms with Crippen LogP contribution in [0.3, 0.4) is 0 Å². The van der Waals surface area contributed by atoms with E-state index in [1.807, 2.05) is 31.2 Å². The average molecular weight is 313 g/mol. The van der Waals surface area contributed by atoms with E-state index in [0.29, 0.717) is 18.3 Å². The highest BCUT2D eigenvalue weighted by Gasteiger charge is 2.15. The fourth-order valence-electron chi connectivity index (χ4n) is 2.91. The number of nitrogens with zero attached hydrogens (tertiary/aromatic N) is 1. The Morgan fingerprint density at radius 1 is 1.30 bits per heavy atom. The zero-order chi connectivity index (χ0) is 16.1. The molecule has 23 heavy (non-hydrogen) atoms. The monoisotopic (exact) mass is 313 g/mol. The minimum atomic E-state index is -0.173. The summed E-state index contributed by atoms with van der Waals surface area (Å²) in [6, 6.07) is 9.68. The third kappa shape index (κ3) is 4.34. The number of hydrogen-bond acceptors (Lipinski definition) is 3. The molecule has 1 saturated carbocycles. The lowest BCUT2D eigenvalue weighted by atomic mass is 9.98. The lowest BCUT2D eigenvalue weighted by Gasteiger charge is -2.23. The van der Waals surface area contributed by atoms with Crippen LogP contribution >= 0.6 is 0 Å². The van der Waals surface area contributed by atoms with E-state index in [0.717, 1.165) is 29.8 Å². The molecule has 1 fully saturated rings. The van der Waals surface area contributed by atoms with Gasteiger partial charge in [-0.05, 0) is 56.4 Å². The van der Waals surface area contributed by atoms with Gasteiger partial charge in [0, 0.05) is 12.2 Å². The summed E-state index contributed by atoms with van der Waals surface area (Å²) >= 11 is 0. The summed E-state index contributed by atoms with van der Waals surface area (Å²) in [5, 5.41) is 9.62. The summed E-state index contributed by atoms with van der Waals surface area (Å²) in [5.74, 6) is 0.715. The molecule has 2 N–H and O–H groups in total. The number of aromatic amines is 1. The number of hydrogen-bond donors (Lipinski definition) is 2. The van der Waals surface area contributed by atoms with E-state index in [2.05, 4.69) is 15.5 Å². The van der Waals surface area contributed by atoms with Crippen molar-refractivity contribution >= 4 is 5.91 Å². The van der Waals surface area contributed by atoms with Crippen LogP contribution in [0.25, 0.3) is 0 Å². The lowest BCUT2D eigenvalue weighted by Crippen LogP contribution is -2.23. The molecule has 1 heterocycles. The van der Waals surface area contributed by atoms with Crippen LogP contribution in [-0.2, 0) is 6.54 Å². The number of nitrogens with one attached hydrogen (secondary N) is 2. The van der Waals surface area contributed by atoms with Crippen LogP contribution in [-0.4, -0.2) is 22.2 Å². The van der Waals surface area contributed by atoms with Gasteiger partial charge in [0.15, 0.2) is 0 Å². The predicted octanol–water partition coefficient (Wildman–Crippen LogP) is 3.36. The Hall–Kier alpha value is -2.30. The van der Waals surface area contributed by atoms with E-state index in [1.165, 1.54) is 19.3 Å². The molecule has 5 nitrogen and oxygen atoms in total. The second-order valence-electron chi connectivity index (χ2n) is 6.14. The second kappa shape index (κ2) is 7.31. The molecule has 1 aromatic heterocycles. The van der Waals surface area contributed by atoms with Gasteiger partial charge < -0.3 is 10.1 Å².